The number of hydrogen-bond acceptors (Lipinski definition) is 4. The average Bonchev–Trinajstić information content (AvgIpc) is 1.96. The highest BCUT2D eigenvalue weighted by atomic mass is 16.5. The van der Waals surface area contributed by atoms with E-state index in [9.17, 15) is 4.79 Å². The van der Waals surface area contributed by atoms with E-state index < -0.39 is 5.97 Å². The smallest absolute Gasteiger partial charge is 0.322 e. The van der Waals surface area contributed by atoms with Gasteiger partial charge in [0.05, 0.1) is 12.9 Å². The van der Waals surface area contributed by atoms with Crippen molar-refractivity contribution in [3.63, 3.8) is 0 Å². The topological polar surface area (TPSA) is 84.6 Å². The molecule has 0 radical (unpaired) electrons. The summed E-state index contributed by atoms with van der Waals surface area (Å²) in [6.45, 7) is 0.775. The molecule has 0 saturated carbocycles. The van der Waals surface area contributed by atoms with Gasteiger partial charge in [0.15, 0.2) is 0 Å². The van der Waals surface area contributed by atoms with Gasteiger partial charge in [-0.05, 0) is 0 Å². The highest BCUT2D eigenvalue weighted by Crippen LogP contribution is 1.72. The van der Waals surface area contributed by atoms with Crippen molar-refractivity contribution in [1.82, 2.24) is 5.32 Å². The number of ether oxygens (including phenoxy) is 1. The fourth-order valence-corrected chi connectivity index (χ4v) is 0.379. The van der Waals surface area contributed by atoms with Gasteiger partial charge in [-0.2, -0.15) is 0 Å². The van der Waals surface area contributed by atoms with Crippen LogP contribution in [0.25, 0.3) is 0 Å². The first-order valence-corrected chi connectivity index (χ1v) is 3.19. The summed E-state index contributed by atoms with van der Waals surface area (Å²) < 4.78 is 4.80. The van der Waals surface area contributed by atoms with Crippen LogP contribution in [0, 0.1) is 0 Å². The lowest BCUT2D eigenvalue weighted by Gasteiger charge is -1.96. The van der Waals surface area contributed by atoms with E-state index in [1.54, 1.807) is 0 Å². The molecule has 0 heterocycles. The molecule has 0 rings (SSSR count). The summed E-state index contributed by atoms with van der Waals surface area (Å²) >= 11 is 0. The number of rotatable bonds is 6. The van der Waals surface area contributed by atoms with Crippen molar-refractivity contribution >= 4 is 5.97 Å². The Labute approximate surface area is 64.8 Å². The Morgan fingerprint density at radius 2 is 2.45 bits per heavy atom. The molecule has 11 heavy (non-hydrogen) atoms. The fraction of sp³-hybridized carbons (Fsp3) is 0.500. The summed E-state index contributed by atoms with van der Waals surface area (Å²) in [6.07, 6.45) is 2.79. The van der Waals surface area contributed by atoms with Crippen LogP contribution in [0.5, 0.6) is 0 Å². The maximum absolute atomic E-state index is 9.93. The van der Waals surface area contributed by atoms with Crippen LogP contribution in [-0.4, -0.2) is 30.8 Å². The summed E-state index contributed by atoms with van der Waals surface area (Å²) in [5.41, 5.74) is 5.12. The number of aliphatic carboxylic acids is 1. The Bertz CT molecular complexity index is 136. The van der Waals surface area contributed by atoms with Crippen molar-refractivity contribution < 1.29 is 14.6 Å². The molecule has 0 atom stereocenters. The van der Waals surface area contributed by atoms with Crippen LogP contribution < -0.4 is 11.1 Å². The summed E-state index contributed by atoms with van der Waals surface area (Å²) in [6, 6.07) is 0. The average molecular weight is 160 g/mol. The molecule has 5 heteroatoms. The van der Waals surface area contributed by atoms with Crippen LogP contribution in [-0.2, 0) is 9.53 Å². The second-order valence-corrected chi connectivity index (χ2v) is 1.74. The third-order valence-corrected chi connectivity index (χ3v) is 0.771. The minimum absolute atomic E-state index is 0.109. The maximum atomic E-state index is 9.93. The Morgan fingerprint density at radius 3 is 3.00 bits per heavy atom. The molecule has 0 aromatic heterocycles. The molecular formula is C6H12N2O3. The molecule has 0 fully saturated rings. The Balaban J connectivity index is 3.10. The number of hydrogen-bond donors (Lipinski definition) is 3. The van der Waals surface area contributed by atoms with Gasteiger partial charge >= 0.3 is 5.97 Å². The zero-order valence-electron chi connectivity index (χ0n) is 6.12. The van der Waals surface area contributed by atoms with E-state index in [0.29, 0.717) is 13.2 Å². The lowest BCUT2D eigenvalue weighted by Crippen LogP contribution is -2.16. The first-order chi connectivity index (χ1) is 5.27. The Kier molecular flexibility index (Phi) is 6.11. The van der Waals surface area contributed by atoms with Gasteiger partial charge in [0, 0.05) is 12.7 Å². The van der Waals surface area contributed by atoms with Crippen LogP contribution in [0.4, 0.5) is 0 Å². The second-order valence-electron chi connectivity index (χ2n) is 1.74. The van der Waals surface area contributed by atoms with E-state index in [4.69, 9.17) is 15.6 Å². The van der Waals surface area contributed by atoms with Gasteiger partial charge in [-0.3, -0.25) is 4.79 Å². The van der Waals surface area contributed by atoms with Gasteiger partial charge in [-0.15, -0.1) is 0 Å². The van der Waals surface area contributed by atoms with Crippen LogP contribution in [0.15, 0.2) is 12.5 Å². The predicted molar refractivity (Wildman–Crippen MR) is 39.8 cm³/mol. The normalized spacial score (nSPS) is 9.91. The summed E-state index contributed by atoms with van der Waals surface area (Å²) in [5, 5.41) is 10.7. The lowest BCUT2D eigenvalue weighted by atomic mass is 10.6. The third-order valence-electron chi connectivity index (χ3n) is 0.771. The van der Waals surface area contributed by atoms with Crippen molar-refractivity contribution in [2.75, 3.05) is 19.7 Å². The zero-order valence-corrected chi connectivity index (χ0v) is 6.12. The number of nitrogens with one attached hydrogen (secondary N) is 1. The predicted octanol–water partition coefficient (Wildman–Crippen LogP) is -0.893. The first-order valence-electron chi connectivity index (χ1n) is 3.19. The van der Waals surface area contributed by atoms with E-state index in [1.165, 1.54) is 12.5 Å². The molecule has 0 aromatic carbocycles. The van der Waals surface area contributed by atoms with E-state index in [1.807, 2.05) is 0 Å². The van der Waals surface area contributed by atoms with Crippen molar-refractivity contribution in [3.05, 3.63) is 12.5 Å². The second kappa shape index (κ2) is 6.88. The van der Waals surface area contributed by atoms with Gasteiger partial charge in [0.2, 0.25) is 0 Å². The van der Waals surface area contributed by atoms with E-state index in [0.717, 1.165) is 0 Å². The van der Waals surface area contributed by atoms with Gasteiger partial charge in [0.1, 0.15) is 6.54 Å². The first kappa shape index (κ1) is 9.77. The van der Waals surface area contributed by atoms with Gasteiger partial charge in [-0.25, -0.2) is 0 Å². The minimum atomic E-state index is -0.909. The quantitative estimate of drug-likeness (QED) is 0.346. The standard InChI is InChI=1S/C6H12N2O3/c7-1-3-11-4-2-8-5-6(9)10/h2,4,8H,1,3,5,7H2,(H,9,10). The third kappa shape index (κ3) is 8.77. The molecule has 0 aliphatic carbocycles. The van der Waals surface area contributed by atoms with Crippen molar-refractivity contribution in [2.24, 2.45) is 5.73 Å². The molecular weight excluding hydrogens is 148 g/mol. The van der Waals surface area contributed by atoms with E-state index >= 15 is 0 Å². The van der Waals surface area contributed by atoms with E-state index in [-0.39, 0.29) is 6.54 Å². The van der Waals surface area contributed by atoms with Crippen molar-refractivity contribution in [1.29, 1.82) is 0 Å². The molecule has 0 amide bonds. The SMILES string of the molecule is NCCOC=CNCC(=O)O. The lowest BCUT2D eigenvalue weighted by molar-refractivity contribution is -0.135. The Morgan fingerprint density at radius 1 is 1.73 bits per heavy atom. The highest BCUT2D eigenvalue weighted by Gasteiger charge is 1.88. The molecule has 0 aliphatic heterocycles. The molecule has 0 saturated heterocycles. The van der Waals surface area contributed by atoms with Crippen LogP contribution in [0.3, 0.4) is 0 Å². The fourth-order valence-electron chi connectivity index (χ4n) is 0.379. The van der Waals surface area contributed by atoms with Crippen molar-refractivity contribution in [3.8, 4) is 0 Å². The van der Waals surface area contributed by atoms with Crippen LogP contribution in [0.1, 0.15) is 0 Å². The van der Waals surface area contributed by atoms with Gasteiger partial charge < -0.3 is 20.9 Å². The maximum Gasteiger partial charge on any atom is 0.322 e. The zero-order chi connectivity index (χ0) is 8.53. The molecule has 0 spiro atoms. The monoisotopic (exact) mass is 160 g/mol. The molecule has 64 valence electrons. The molecule has 0 bridgehead atoms. The highest BCUT2D eigenvalue weighted by molar-refractivity contribution is 5.69. The number of carbonyl (C=O) groups is 1. The molecule has 0 aromatic rings. The van der Waals surface area contributed by atoms with Crippen LogP contribution in [0.2, 0.25) is 0 Å². The summed E-state index contributed by atoms with van der Waals surface area (Å²) in [5.74, 6) is -0.909. The molecule has 0 unspecified atom stereocenters. The number of carboxylic acid groups (broad SMARTS) is 1. The minimum Gasteiger partial charge on any atom is -0.498 e. The number of nitrogens with two attached hydrogens (primary N) is 1. The largest absolute Gasteiger partial charge is 0.498 e. The number of carboxylic acids is 1. The van der Waals surface area contributed by atoms with Gasteiger partial charge in [0.25, 0.3) is 0 Å². The molecule has 4 N–H and O–H groups in total. The van der Waals surface area contributed by atoms with Crippen molar-refractivity contribution in [2.45, 2.75) is 0 Å². The molecule has 0 aliphatic rings. The molecule has 5 nitrogen and oxygen atoms in total. The van der Waals surface area contributed by atoms with E-state index in [2.05, 4.69) is 5.32 Å². The summed E-state index contributed by atoms with van der Waals surface area (Å²) in [7, 11) is 0. The summed E-state index contributed by atoms with van der Waals surface area (Å²) in [4.78, 5) is 9.93. The van der Waals surface area contributed by atoms with Gasteiger partial charge in [-0.1, -0.05) is 0 Å². The van der Waals surface area contributed by atoms with Crippen LogP contribution >= 0.6 is 0 Å². The Hall–Kier alpha value is -1.23.